The number of carbonyl (C=O) groups excluding carboxylic acids is 1. The Labute approximate surface area is 194 Å². The molecule has 0 saturated heterocycles. The van der Waals surface area contributed by atoms with E-state index < -0.39 is 0 Å². The molecule has 0 spiro atoms. The van der Waals surface area contributed by atoms with Crippen molar-refractivity contribution in [2.45, 2.75) is 6.61 Å². The van der Waals surface area contributed by atoms with E-state index in [1.807, 2.05) is 60.7 Å². The Morgan fingerprint density at radius 1 is 1.13 bits per heavy atom. The van der Waals surface area contributed by atoms with Gasteiger partial charge in [0, 0.05) is 10.7 Å². The molecule has 0 radical (unpaired) electrons. The summed E-state index contributed by atoms with van der Waals surface area (Å²) >= 11 is 9.43. The second-order valence-electron chi connectivity index (χ2n) is 6.46. The van der Waals surface area contributed by atoms with Gasteiger partial charge in [-0.05, 0) is 63.5 Å². The van der Waals surface area contributed by atoms with Crippen molar-refractivity contribution in [1.29, 1.82) is 0 Å². The zero-order valence-electron chi connectivity index (χ0n) is 16.8. The van der Waals surface area contributed by atoms with Crippen LogP contribution in [0.3, 0.4) is 0 Å². The number of hydrogen-bond acceptors (Lipinski definition) is 5. The zero-order valence-corrected chi connectivity index (χ0v) is 19.1. The number of rotatable bonds is 9. The maximum atomic E-state index is 11.9. The molecule has 0 saturated carbocycles. The summed E-state index contributed by atoms with van der Waals surface area (Å²) in [6.45, 7) is 0.482. The van der Waals surface area contributed by atoms with Crippen LogP contribution in [0, 0.1) is 0 Å². The minimum absolute atomic E-state index is 0.117. The topological polar surface area (TPSA) is 72.0 Å². The van der Waals surface area contributed by atoms with E-state index in [1.54, 1.807) is 13.2 Å². The standard InChI is InChI=1S/C23H21BrClN3O3/c1-30-21-12-17(13-27-28-22(29)14-26-19-5-3-2-4-6-19)11-20(24)23(21)31-15-16-7-9-18(25)10-8-16/h2-13,26H,14-15H2,1H3,(H,28,29)/b27-13-. The summed E-state index contributed by atoms with van der Waals surface area (Å²) < 4.78 is 12.1. The van der Waals surface area contributed by atoms with Gasteiger partial charge in [0.2, 0.25) is 0 Å². The molecule has 0 aliphatic carbocycles. The second kappa shape index (κ2) is 11.4. The normalized spacial score (nSPS) is 10.7. The monoisotopic (exact) mass is 501 g/mol. The van der Waals surface area contributed by atoms with Crippen molar-refractivity contribution >= 4 is 45.3 Å². The first-order valence-electron chi connectivity index (χ1n) is 9.41. The maximum Gasteiger partial charge on any atom is 0.259 e. The molecule has 3 rings (SSSR count). The van der Waals surface area contributed by atoms with Crippen LogP contribution in [0.15, 0.2) is 76.3 Å². The van der Waals surface area contributed by atoms with Gasteiger partial charge in [0.15, 0.2) is 11.5 Å². The van der Waals surface area contributed by atoms with Gasteiger partial charge in [0.1, 0.15) is 6.61 Å². The molecule has 0 bridgehead atoms. The fourth-order valence-electron chi connectivity index (χ4n) is 2.65. The molecule has 0 atom stereocenters. The van der Waals surface area contributed by atoms with E-state index in [1.165, 1.54) is 6.21 Å². The van der Waals surface area contributed by atoms with Crippen LogP contribution in [-0.4, -0.2) is 25.8 Å². The molecule has 160 valence electrons. The van der Waals surface area contributed by atoms with Crippen LogP contribution in [0.2, 0.25) is 5.02 Å². The summed E-state index contributed by atoms with van der Waals surface area (Å²) in [5, 5.41) is 7.70. The van der Waals surface area contributed by atoms with Gasteiger partial charge in [-0.1, -0.05) is 41.9 Å². The van der Waals surface area contributed by atoms with Crippen LogP contribution in [0.5, 0.6) is 11.5 Å². The quantitative estimate of drug-likeness (QED) is 0.310. The molecule has 3 aromatic carbocycles. The number of ether oxygens (including phenoxy) is 2. The number of halogens is 2. The minimum atomic E-state index is -0.256. The van der Waals surface area contributed by atoms with Crippen LogP contribution in [0.1, 0.15) is 11.1 Å². The predicted octanol–water partition coefficient (Wildman–Crippen LogP) is 5.25. The van der Waals surface area contributed by atoms with Gasteiger partial charge in [-0.15, -0.1) is 0 Å². The molecule has 31 heavy (non-hydrogen) atoms. The van der Waals surface area contributed by atoms with Crippen molar-refractivity contribution in [3.8, 4) is 11.5 Å². The number of para-hydroxylation sites is 1. The van der Waals surface area contributed by atoms with E-state index in [-0.39, 0.29) is 12.5 Å². The summed E-state index contributed by atoms with van der Waals surface area (Å²) in [5.74, 6) is 0.863. The Bertz CT molecular complexity index is 1040. The highest BCUT2D eigenvalue weighted by Gasteiger charge is 2.12. The summed E-state index contributed by atoms with van der Waals surface area (Å²) in [6.07, 6.45) is 1.54. The summed E-state index contributed by atoms with van der Waals surface area (Å²) in [6, 6.07) is 20.5. The number of hydrogen-bond donors (Lipinski definition) is 2. The lowest BCUT2D eigenvalue weighted by Crippen LogP contribution is -2.25. The van der Waals surface area contributed by atoms with Gasteiger partial charge in [-0.2, -0.15) is 5.10 Å². The Morgan fingerprint density at radius 3 is 2.58 bits per heavy atom. The molecule has 0 aliphatic rings. The lowest BCUT2D eigenvalue weighted by Gasteiger charge is -2.13. The number of amides is 1. The molecule has 8 heteroatoms. The van der Waals surface area contributed by atoms with E-state index in [0.29, 0.717) is 27.6 Å². The molecule has 3 aromatic rings. The van der Waals surface area contributed by atoms with Gasteiger partial charge in [-0.25, -0.2) is 5.43 Å². The van der Waals surface area contributed by atoms with Crippen molar-refractivity contribution in [2.24, 2.45) is 5.10 Å². The number of hydrazone groups is 1. The molecule has 0 aromatic heterocycles. The summed E-state index contributed by atoms with van der Waals surface area (Å²) in [4.78, 5) is 11.9. The smallest absolute Gasteiger partial charge is 0.259 e. The van der Waals surface area contributed by atoms with E-state index in [0.717, 1.165) is 16.8 Å². The van der Waals surface area contributed by atoms with Crippen LogP contribution < -0.4 is 20.2 Å². The third kappa shape index (κ3) is 7.01. The van der Waals surface area contributed by atoms with Gasteiger partial charge in [-0.3, -0.25) is 4.79 Å². The van der Waals surface area contributed by atoms with E-state index in [9.17, 15) is 4.79 Å². The lowest BCUT2D eigenvalue weighted by molar-refractivity contribution is -0.119. The molecule has 0 unspecified atom stereocenters. The highest BCUT2D eigenvalue weighted by molar-refractivity contribution is 9.10. The van der Waals surface area contributed by atoms with E-state index in [4.69, 9.17) is 21.1 Å². The van der Waals surface area contributed by atoms with Gasteiger partial charge in [0.05, 0.1) is 24.3 Å². The Balaban J connectivity index is 1.58. The highest BCUT2D eigenvalue weighted by atomic mass is 79.9. The number of nitrogens with zero attached hydrogens (tertiary/aromatic N) is 1. The van der Waals surface area contributed by atoms with Gasteiger partial charge >= 0.3 is 0 Å². The highest BCUT2D eigenvalue weighted by Crippen LogP contribution is 2.36. The third-order valence-corrected chi connectivity index (χ3v) is 5.02. The summed E-state index contributed by atoms with van der Waals surface area (Å²) in [5.41, 5.74) is 5.08. The van der Waals surface area contributed by atoms with Crippen molar-refractivity contribution in [1.82, 2.24) is 5.43 Å². The predicted molar refractivity (Wildman–Crippen MR) is 127 cm³/mol. The maximum absolute atomic E-state index is 11.9. The van der Waals surface area contributed by atoms with Crippen molar-refractivity contribution in [3.05, 3.63) is 87.4 Å². The number of benzene rings is 3. The van der Waals surface area contributed by atoms with Crippen LogP contribution in [-0.2, 0) is 11.4 Å². The zero-order chi connectivity index (χ0) is 22.1. The molecule has 6 nitrogen and oxygen atoms in total. The van der Waals surface area contributed by atoms with E-state index >= 15 is 0 Å². The first kappa shape index (κ1) is 22.7. The number of carbonyl (C=O) groups is 1. The van der Waals surface area contributed by atoms with E-state index in [2.05, 4.69) is 31.8 Å². The van der Waals surface area contributed by atoms with Crippen molar-refractivity contribution in [2.75, 3.05) is 19.0 Å². The average molecular weight is 503 g/mol. The molecule has 2 N–H and O–H groups in total. The van der Waals surface area contributed by atoms with Crippen LogP contribution in [0.4, 0.5) is 5.69 Å². The Hall–Kier alpha value is -3.03. The largest absolute Gasteiger partial charge is 0.493 e. The third-order valence-electron chi connectivity index (χ3n) is 4.18. The fraction of sp³-hybridized carbons (Fsp3) is 0.130. The lowest BCUT2D eigenvalue weighted by atomic mass is 10.2. The SMILES string of the molecule is COc1cc(/C=N\NC(=O)CNc2ccccc2)cc(Br)c1OCc1ccc(Cl)cc1. The Kier molecular flexibility index (Phi) is 8.32. The fourth-order valence-corrected chi connectivity index (χ4v) is 3.35. The molecule has 0 heterocycles. The molecule has 0 fully saturated rings. The second-order valence-corrected chi connectivity index (χ2v) is 7.75. The van der Waals surface area contributed by atoms with Gasteiger partial charge in [0.25, 0.3) is 5.91 Å². The average Bonchev–Trinajstić information content (AvgIpc) is 2.78. The Morgan fingerprint density at radius 2 is 1.87 bits per heavy atom. The first-order chi connectivity index (χ1) is 15.0. The number of nitrogens with one attached hydrogen (secondary N) is 2. The molecule has 1 amide bonds. The number of anilines is 1. The molecule has 0 aliphatic heterocycles. The van der Waals surface area contributed by atoms with Crippen molar-refractivity contribution < 1.29 is 14.3 Å². The molecular weight excluding hydrogens is 482 g/mol. The first-order valence-corrected chi connectivity index (χ1v) is 10.6. The van der Waals surface area contributed by atoms with Crippen LogP contribution in [0.25, 0.3) is 0 Å². The number of methoxy groups -OCH3 is 1. The molecular formula is C23H21BrClN3O3. The van der Waals surface area contributed by atoms with Gasteiger partial charge < -0.3 is 14.8 Å². The van der Waals surface area contributed by atoms with Crippen molar-refractivity contribution in [3.63, 3.8) is 0 Å². The van der Waals surface area contributed by atoms with Crippen LogP contribution >= 0.6 is 27.5 Å². The minimum Gasteiger partial charge on any atom is -0.493 e. The summed E-state index contributed by atoms with van der Waals surface area (Å²) in [7, 11) is 1.56.